The van der Waals surface area contributed by atoms with E-state index >= 15 is 0 Å². The SMILES string of the molecule is CC1CCN(C(=O)CN2CCCC(NS(=O)(=O)c3cc4cc(Cl)ccc4s3)C2=O)CC1. The summed E-state index contributed by atoms with van der Waals surface area (Å²) in [5.41, 5.74) is 0. The molecule has 4 rings (SSSR count). The van der Waals surface area contributed by atoms with E-state index in [1.165, 1.54) is 4.90 Å². The Morgan fingerprint density at radius 1 is 1.19 bits per heavy atom. The predicted octanol–water partition coefficient (Wildman–Crippen LogP) is 3.08. The van der Waals surface area contributed by atoms with Gasteiger partial charge in [0.15, 0.2) is 0 Å². The molecule has 31 heavy (non-hydrogen) atoms. The fraction of sp³-hybridized carbons (Fsp3) is 0.524. The fourth-order valence-electron chi connectivity index (χ4n) is 4.10. The summed E-state index contributed by atoms with van der Waals surface area (Å²) in [5, 5.41) is 1.28. The van der Waals surface area contributed by atoms with E-state index in [0.29, 0.717) is 43.4 Å². The van der Waals surface area contributed by atoms with Gasteiger partial charge in [-0.3, -0.25) is 9.59 Å². The Bertz CT molecular complexity index is 1090. The Morgan fingerprint density at radius 3 is 2.68 bits per heavy atom. The molecule has 3 heterocycles. The van der Waals surface area contributed by atoms with Gasteiger partial charge in [0.1, 0.15) is 10.3 Å². The molecule has 1 atom stereocenters. The molecular formula is C21H26ClN3O4S2. The number of sulfonamides is 1. The standard InChI is InChI=1S/C21H26ClN3O4S2/c1-14-6-9-24(10-7-14)19(26)13-25-8-2-3-17(21(25)27)23-31(28,29)20-12-15-11-16(22)4-5-18(15)30-20/h4-5,11-12,14,17,23H,2-3,6-10,13H2,1H3. The zero-order valence-corrected chi connectivity index (χ0v) is 19.7. The molecule has 2 aliphatic rings. The monoisotopic (exact) mass is 483 g/mol. The molecule has 1 aromatic heterocycles. The van der Waals surface area contributed by atoms with Crippen LogP contribution in [0.3, 0.4) is 0 Å². The molecule has 7 nitrogen and oxygen atoms in total. The van der Waals surface area contributed by atoms with Crippen LogP contribution in [0.2, 0.25) is 5.02 Å². The van der Waals surface area contributed by atoms with Crippen LogP contribution in [0.15, 0.2) is 28.5 Å². The Balaban J connectivity index is 1.43. The molecule has 2 aromatic rings. The van der Waals surface area contributed by atoms with Crippen LogP contribution in [-0.2, 0) is 19.6 Å². The lowest BCUT2D eigenvalue weighted by atomic mass is 9.99. The van der Waals surface area contributed by atoms with E-state index in [0.717, 1.165) is 34.3 Å². The van der Waals surface area contributed by atoms with Gasteiger partial charge in [-0.15, -0.1) is 11.3 Å². The van der Waals surface area contributed by atoms with E-state index < -0.39 is 16.1 Å². The summed E-state index contributed by atoms with van der Waals surface area (Å²) in [7, 11) is -3.86. The van der Waals surface area contributed by atoms with Crippen molar-refractivity contribution in [2.24, 2.45) is 5.92 Å². The van der Waals surface area contributed by atoms with Crippen molar-refractivity contribution >= 4 is 54.9 Å². The summed E-state index contributed by atoms with van der Waals surface area (Å²) >= 11 is 7.13. The van der Waals surface area contributed by atoms with E-state index in [1.807, 2.05) is 4.90 Å². The van der Waals surface area contributed by atoms with Crippen molar-refractivity contribution < 1.29 is 18.0 Å². The van der Waals surface area contributed by atoms with Gasteiger partial charge in [-0.2, -0.15) is 4.72 Å². The van der Waals surface area contributed by atoms with Crippen LogP contribution in [0, 0.1) is 5.92 Å². The van der Waals surface area contributed by atoms with Gasteiger partial charge in [-0.25, -0.2) is 8.42 Å². The quantitative estimate of drug-likeness (QED) is 0.708. The Labute approximate surface area is 191 Å². The average molecular weight is 484 g/mol. The number of nitrogens with one attached hydrogen (secondary N) is 1. The number of halogens is 1. The highest BCUT2D eigenvalue weighted by Crippen LogP contribution is 2.31. The lowest BCUT2D eigenvalue weighted by Crippen LogP contribution is -2.55. The molecular weight excluding hydrogens is 458 g/mol. The Hall–Kier alpha value is -1.68. The van der Waals surface area contributed by atoms with Crippen LogP contribution in [0.4, 0.5) is 0 Å². The molecule has 0 bridgehead atoms. The number of fused-ring (bicyclic) bond motifs is 1. The number of rotatable bonds is 5. The van der Waals surface area contributed by atoms with Crippen LogP contribution >= 0.6 is 22.9 Å². The maximum atomic E-state index is 12.9. The average Bonchev–Trinajstić information content (AvgIpc) is 3.15. The smallest absolute Gasteiger partial charge is 0.250 e. The lowest BCUT2D eigenvalue weighted by Gasteiger charge is -2.35. The number of amides is 2. The van der Waals surface area contributed by atoms with E-state index in [1.54, 1.807) is 24.3 Å². The third-order valence-corrected chi connectivity index (χ3v) is 9.31. The first-order valence-corrected chi connectivity index (χ1v) is 13.2. The summed E-state index contributed by atoms with van der Waals surface area (Å²) < 4.78 is 29.4. The zero-order chi connectivity index (χ0) is 22.2. The maximum absolute atomic E-state index is 12.9. The van der Waals surface area contributed by atoms with E-state index in [2.05, 4.69) is 11.6 Å². The third-order valence-electron chi connectivity index (χ3n) is 6.01. The number of nitrogens with zero attached hydrogens (tertiary/aromatic N) is 2. The number of benzene rings is 1. The molecule has 2 amide bonds. The molecule has 2 aliphatic heterocycles. The van der Waals surface area contributed by atoms with Gasteiger partial charge >= 0.3 is 0 Å². The molecule has 0 spiro atoms. The van der Waals surface area contributed by atoms with E-state index in [9.17, 15) is 18.0 Å². The van der Waals surface area contributed by atoms with Crippen molar-refractivity contribution in [2.45, 2.75) is 42.9 Å². The van der Waals surface area contributed by atoms with Gasteiger partial charge in [0.2, 0.25) is 11.8 Å². The minimum atomic E-state index is -3.86. The molecule has 1 aromatic carbocycles. The summed E-state index contributed by atoms with van der Waals surface area (Å²) in [4.78, 5) is 28.9. The molecule has 1 unspecified atom stereocenters. The molecule has 0 aliphatic carbocycles. The highest BCUT2D eigenvalue weighted by molar-refractivity contribution is 7.91. The van der Waals surface area contributed by atoms with Crippen molar-refractivity contribution in [1.82, 2.24) is 14.5 Å². The molecule has 0 radical (unpaired) electrons. The highest BCUT2D eigenvalue weighted by Gasteiger charge is 2.34. The van der Waals surface area contributed by atoms with Crippen LogP contribution < -0.4 is 4.72 Å². The summed E-state index contributed by atoms with van der Waals surface area (Å²) in [5.74, 6) is 0.215. The summed E-state index contributed by atoms with van der Waals surface area (Å²) in [6.45, 7) is 4.08. The number of likely N-dealkylation sites (tertiary alicyclic amines) is 2. The first-order chi connectivity index (χ1) is 14.7. The number of carbonyl (C=O) groups is 2. The van der Waals surface area contributed by atoms with Gasteiger partial charge in [-0.1, -0.05) is 18.5 Å². The van der Waals surface area contributed by atoms with E-state index in [-0.39, 0.29) is 22.6 Å². The molecule has 2 fully saturated rings. The zero-order valence-electron chi connectivity index (χ0n) is 17.3. The first kappa shape index (κ1) is 22.5. The number of hydrogen-bond donors (Lipinski definition) is 1. The van der Waals surface area contributed by atoms with E-state index in [4.69, 9.17) is 11.6 Å². The molecule has 10 heteroatoms. The maximum Gasteiger partial charge on any atom is 0.250 e. The number of carbonyl (C=O) groups excluding carboxylic acids is 2. The molecule has 0 saturated carbocycles. The molecule has 1 N–H and O–H groups in total. The van der Waals surface area contributed by atoms with Gasteiger partial charge in [0.05, 0.1) is 6.54 Å². The minimum Gasteiger partial charge on any atom is -0.341 e. The predicted molar refractivity (Wildman–Crippen MR) is 122 cm³/mol. The van der Waals surface area contributed by atoms with Gasteiger partial charge in [0, 0.05) is 29.4 Å². The van der Waals surface area contributed by atoms with Crippen molar-refractivity contribution in [3.8, 4) is 0 Å². The third kappa shape index (κ3) is 5.05. The van der Waals surface area contributed by atoms with Crippen LogP contribution in [0.1, 0.15) is 32.6 Å². The summed E-state index contributed by atoms with van der Waals surface area (Å²) in [6.07, 6.45) is 3.01. The minimum absolute atomic E-state index is 0.00677. The Morgan fingerprint density at radius 2 is 1.94 bits per heavy atom. The van der Waals surface area contributed by atoms with Crippen molar-refractivity contribution in [2.75, 3.05) is 26.2 Å². The van der Waals surface area contributed by atoms with Gasteiger partial charge in [-0.05, 0) is 61.3 Å². The van der Waals surface area contributed by atoms with Crippen LogP contribution in [0.5, 0.6) is 0 Å². The largest absolute Gasteiger partial charge is 0.341 e. The first-order valence-electron chi connectivity index (χ1n) is 10.5. The normalized spacial score (nSPS) is 21.1. The van der Waals surface area contributed by atoms with Crippen LogP contribution in [-0.4, -0.2) is 62.3 Å². The van der Waals surface area contributed by atoms with Crippen molar-refractivity contribution in [3.63, 3.8) is 0 Å². The molecule has 168 valence electrons. The van der Waals surface area contributed by atoms with Gasteiger partial charge < -0.3 is 9.80 Å². The topological polar surface area (TPSA) is 86.8 Å². The van der Waals surface area contributed by atoms with Crippen molar-refractivity contribution in [1.29, 1.82) is 0 Å². The van der Waals surface area contributed by atoms with Gasteiger partial charge in [0.25, 0.3) is 10.0 Å². The molecule has 2 saturated heterocycles. The number of thiophene rings is 1. The summed E-state index contributed by atoms with van der Waals surface area (Å²) in [6, 6.07) is 5.92. The fourth-order valence-corrected chi connectivity index (χ4v) is 6.89. The second-order valence-corrected chi connectivity index (χ2v) is 11.8. The lowest BCUT2D eigenvalue weighted by molar-refractivity contribution is -0.143. The highest BCUT2D eigenvalue weighted by atomic mass is 35.5. The number of hydrogen-bond acceptors (Lipinski definition) is 5. The number of piperidine rings is 2. The van der Waals surface area contributed by atoms with Crippen molar-refractivity contribution in [3.05, 3.63) is 29.3 Å². The second kappa shape index (κ2) is 9.05. The second-order valence-electron chi connectivity index (χ2n) is 8.39. The van der Waals surface area contributed by atoms with Crippen LogP contribution in [0.25, 0.3) is 10.1 Å². The Kier molecular flexibility index (Phi) is 6.57.